The van der Waals surface area contributed by atoms with Crippen LogP contribution >= 0.6 is 11.8 Å². The summed E-state index contributed by atoms with van der Waals surface area (Å²) in [6.07, 6.45) is 0. The van der Waals surface area contributed by atoms with Gasteiger partial charge in [-0.2, -0.15) is 0 Å². The summed E-state index contributed by atoms with van der Waals surface area (Å²) in [6, 6.07) is 30.7. The quantitative estimate of drug-likeness (QED) is 0.309. The first-order valence-corrected chi connectivity index (χ1v) is 8.61. The molecule has 0 N–H and O–H groups in total. The third kappa shape index (κ3) is 2.01. The highest BCUT2D eigenvalue weighted by atomic mass is 32.2. The SMILES string of the molecule is c1ccc2c(c1)Sc1ccccc1-c1cc3ccccc3cc1-2. The van der Waals surface area contributed by atoms with E-state index < -0.39 is 0 Å². The summed E-state index contributed by atoms with van der Waals surface area (Å²) in [6.45, 7) is 0. The summed E-state index contributed by atoms with van der Waals surface area (Å²) < 4.78 is 0. The van der Waals surface area contributed by atoms with Crippen LogP contribution in [0.4, 0.5) is 0 Å². The molecule has 108 valence electrons. The zero-order valence-electron chi connectivity index (χ0n) is 12.5. The molecule has 0 spiro atoms. The van der Waals surface area contributed by atoms with E-state index in [1.54, 1.807) is 0 Å². The minimum absolute atomic E-state index is 1.30. The van der Waals surface area contributed by atoms with Crippen LogP contribution in [0.3, 0.4) is 0 Å². The second-order valence-electron chi connectivity index (χ2n) is 5.84. The lowest BCUT2D eigenvalue weighted by molar-refractivity contribution is 1.44. The maximum Gasteiger partial charge on any atom is 0.0201 e. The Morgan fingerprint density at radius 3 is 1.39 bits per heavy atom. The molecule has 5 rings (SSSR count). The largest absolute Gasteiger partial charge is 0.0888 e. The molecule has 0 fully saturated rings. The summed E-state index contributed by atoms with van der Waals surface area (Å²) in [5.74, 6) is 0. The Labute approximate surface area is 139 Å². The minimum Gasteiger partial charge on any atom is -0.0888 e. The highest BCUT2D eigenvalue weighted by Gasteiger charge is 2.19. The van der Waals surface area contributed by atoms with Crippen molar-refractivity contribution in [1.82, 2.24) is 0 Å². The van der Waals surface area contributed by atoms with Crippen molar-refractivity contribution >= 4 is 22.5 Å². The van der Waals surface area contributed by atoms with Crippen LogP contribution < -0.4 is 0 Å². The molecule has 23 heavy (non-hydrogen) atoms. The van der Waals surface area contributed by atoms with Crippen molar-refractivity contribution < 1.29 is 0 Å². The molecule has 0 aliphatic carbocycles. The van der Waals surface area contributed by atoms with Gasteiger partial charge in [0.2, 0.25) is 0 Å². The van der Waals surface area contributed by atoms with Gasteiger partial charge in [-0.25, -0.2) is 0 Å². The lowest BCUT2D eigenvalue weighted by atomic mass is 9.91. The first-order chi connectivity index (χ1) is 11.4. The lowest BCUT2D eigenvalue weighted by Gasteiger charge is -2.12. The van der Waals surface area contributed by atoms with Crippen molar-refractivity contribution in [1.29, 1.82) is 0 Å². The third-order valence-electron chi connectivity index (χ3n) is 4.46. The molecule has 0 saturated heterocycles. The van der Waals surface area contributed by atoms with Crippen molar-refractivity contribution in [3.05, 3.63) is 84.9 Å². The van der Waals surface area contributed by atoms with E-state index in [4.69, 9.17) is 0 Å². The fourth-order valence-electron chi connectivity index (χ4n) is 3.36. The molecule has 0 unspecified atom stereocenters. The third-order valence-corrected chi connectivity index (χ3v) is 5.61. The number of hydrogen-bond donors (Lipinski definition) is 0. The van der Waals surface area contributed by atoms with E-state index in [2.05, 4.69) is 84.9 Å². The maximum atomic E-state index is 2.34. The van der Waals surface area contributed by atoms with Crippen molar-refractivity contribution in [2.45, 2.75) is 9.79 Å². The van der Waals surface area contributed by atoms with Crippen LogP contribution in [-0.2, 0) is 0 Å². The topological polar surface area (TPSA) is 0 Å². The number of fused-ring (bicyclic) bond motifs is 6. The minimum atomic E-state index is 1.30. The molecular formula is C22H14S. The molecule has 4 aromatic rings. The normalized spacial score (nSPS) is 12.2. The molecule has 0 radical (unpaired) electrons. The lowest BCUT2D eigenvalue weighted by Crippen LogP contribution is -1.86. The fourth-order valence-corrected chi connectivity index (χ4v) is 4.47. The first-order valence-electron chi connectivity index (χ1n) is 7.79. The van der Waals surface area contributed by atoms with Crippen molar-refractivity contribution in [3.63, 3.8) is 0 Å². The highest BCUT2D eigenvalue weighted by molar-refractivity contribution is 7.99. The molecule has 1 aliphatic rings. The van der Waals surface area contributed by atoms with Gasteiger partial charge < -0.3 is 0 Å². The van der Waals surface area contributed by atoms with Gasteiger partial charge in [0.15, 0.2) is 0 Å². The van der Waals surface area contributed by atoms with Crippen molar-refractivity contribution in [2.24, 2.45) is 0 Å². The van der Waals surface area contributed by atoms with E-state index >= 15 is 0 Å². The molecular weight excluding hydrogens is 296 g/mol. The summed E-state index contributed by atoms with van der Waals surface area (Å²) in [4.78, 5) is 2.66. The molecule has 0 aromatic heterocycles. The van der Waals surface area contributed by atoms with Crippen LogP contribution in [0.2, 0.25) is 0 Å². The van der Waals surface area contributed by atoms with Crippen molar-refractivity contribution in [2.75, 3.05) is 0 Å². The van der Waals surface area contributed by atoms with Gasteiger partial charge in [0, 0.05) is 9.79 Å². The van der Waals surface area contributed by atoms with Crippen LogP contribution in [0.25, 0.3) is 33.0 Å². The highest BCUT2D eigenvalue weighted by Crippen LogP contribution is 2.48. The molecule has 1 aliphatic heterocycles. The van der Waals surface area contributed by atoms with Gasteiger partial charge in [-0.15, -0.1) is 0 Å². The summed E-state index contributed by atoms with van der Waals surface area (Å²) in [5, 5.41) is 2.59. The Hall–Kier alpha value is -2.51. The van der Waals surface area contributed by atoms with Gasteiger partial charge >= 0.3 is 0 Å². The molecule has 0 atom stereocenters. The van der Waals surface area contributed by atoms with Gasteiger partial charge in [0.25, 0.3) is 0 Å². The zero-order valence-corrected chi connectivity index (χ0v) is 13.3. The smallest absolute Gasteiger partial charge is 0.0201 e. The Morgan fingerprint density at radius 2 is 0.870 bits per heavy atom. The average molecular weight is 310 g/mol. The number of hydrogen-bond acceptors (Lipinski definition) is 1. The van der Waals surface area contributed by atoms with Crippen LogP contribution in [-0.4, -0.2) is 0 Å². The van der Waals surface area contributed by atoms with E-state index in [1.807, 2.05) is 11.8 Å². The second-order valence-corrected chi connectivity index (χ2v) is 6.92. The predicted molar refractivity (Wildman–Crippen MR) is 98.9 cm³/mol. The summed E-state index contributed by atoms with van der Waals surface area (Å²) in [5.41, 5.74) is 5.32. The summed E-state index contributed by atoms with van der Waals surface area (Å²) in [7, 11) is 0. The Morgan fingerprint density at radius 1 is 0.435 bits per heavy atom. The molecule has 1 heterocycles. The van der Waals surface area contributed by atoms with E-state index in [0.717, 1.165) is 0 Å². The molecule has 0 amide bonds. The number of benzene rings is 4. The van der Waals surface area contributed by atoms with E-state index in [9.17, 15) is 0 Å². The molecule has 4 aromatic carbocycles. The van der Waals surface area contributed by atoms with Crippen LogP contribution in [0.5, 0.6) is 0 Å². The van der Waals surface area contributed by atoms with Gasteiger partial charge in [0.1, 0.15) is 0 Å². The van der Waals surface area contributed by atoms with Crippen molar-refractivity contribution in [3.8, 4) is 22.3 Å². The Balaban J connectivity index is 1.96. The Bertz CT molecular complexity index is 962. The van der Waals surface area contributed by atoms with E-state index in [1.165, 1.54) is 42.8 Å². The monoisotopic (exact) mass is 310 g/mol. The maximum absolute atomic E-state index is 2.34. The van der Waals surface area contributed by atoms with E-state index in [0.29, 0.717) is 0 Å². The molecule has 1 heteroatoms. The molecule has 0 saturated carbocycles. The van der Waals surface area contributed by atoms with Crippen LogP contribution in [0, 0.1) is 0 Å². The zero-order chi connectivity index (χ0) is 15.2. The first kappa shape index (κ1) is 13.0. The summed E-state index contributed by atoms with van der Waals surface area (Å²) >= 11 is 1.87. The fraction of sp³-hybridized carbons (Fsp3) is 0. The average Bonchev–Trinajstić information content (AvgIpc) is 2.74. The van der Waals surface area contributed by atoms with Gasteiger partial charge in [-0.05, 0) is 57.3 Å². The standard InChI is InChI=1S/C22H14S/c1-2-8-16-14-20-18-10-4-6-12-22(18)23-21-11-5-3-9-17(21)19(20)13-15(16)7-1/h1-14H. The van der Waals surface area contributed by atoms with Gasteiger partial charge in [0.05, 0.1) is 0 Å². The van der Waals surface area contributed by atoms with E-state index in [-0.39, 0.29) is 0 Å². The number of rotatable bonds is 0. The Kier molecular flexibility index (Phi) is 2.82. The molecule has 0 nitrogen and oxygen atoms in total. The van der Waals surface area contributed by atoms with Gasteiger partial charge in [-0.3, -0.25) is 0 Å². The second kappa shape index (κ2) is 5.00. The van der Waals surface area contributed by atoms with Crippen LogP contribution in [0.1, 0.15) is 0 Å². The predicted octanol–water partition coefficient (Wildman–Crippen LogP) is 6.64. The van der Waals surface area contributed by atoms with Crippen LogP contribution in [0.15, 0.2) is 94.7 Å². The molecule has 0 bridgehead atoms. The van der Waals surface area contributed by atoms with Gasteiger partial charge in [-0.1, -0.05) is 72.4 Å².